The molecule has 3 nitrogen and oxygen atoms in total. The standard InChI is InChI=1S/C17H28N2O/c1-4-5-6-7-8-12-17(19-18)15-10-9-11-16(13-15)20-14(2)3/h4,9-11,13-14,17,19H,1,5-8,12,18H2,2-3H3. The number of ether oxygens (including phenoxy) is 1. The van der Waals surface area contributed by atoms with Crippen LogP contribution in [0.1, 0.15) is 57.6 Å². The van der Waals surface area contributed by atoms with Gasteiger partial charge in [0.2, 0.25) is 0 Å². The van der Waals surface area contributed by atoms with Gasteiger partial charge in [0.05, 0.1) is 6.10 Å². The number of benzene rings is 1. The molecule has 0 heterocycles. The van der Waals surface area contributed by atoms with E-state index in [0.717, 1.165) is 25.0 Å². The zero-order chi connectivity index (χ0) is 14.8. The monoisotopic (exact) mass is 276 g/mol. The molecule has 0 amide bonds. The van der Waals surface area contributed by atoms with Crippen LogP contribution in [0.2, 0.25) is 0 Å². The van der Waals surface area contributed by atoms with Gasteiger partial charge in [0.1, 0.15) is 5.75 Å². The van der Waals surface area contributed by atoms with Gasteiger partial charge in [-0.15, -0.1) is 6.58 Å². The third-order valence-electron chi connectivity index (χ3n) is 3.23. The van der Waals surface area contributed by atoms with Gasteiger partial charge in [0.15, 0.2) is 0 Å². The predicted octanol–water partition coefficient (Wildman–Crippen LogP) is 4.11. The molecule has 0 spiro atoms. The van der Waals surface area contributed by atoms with Gasteiger partial charge in [-0.05, 0) is 50.8 Å². The van der Waals surface area contributed by atoms with E-state index in [1.54, 1.807) is 0 Å². The van der Waals surface area contributed by atoms with Crippen LogP contribution >= 0.6 is 0 Å². The number of rotatable bonds is 10. The van der Waals surface area contributed by atoms with Gasteiger partial charge in [-0.1, -0.05) is 31.1 Å². The molecular weight excluding hydrogens is 248 g/mol. The lowest BCUT2D eigenvalue weighted by atomic mass is 10.0. The van der Waals surface area contributed by atoms with Crippen LogP contribution in [0.3, 0.4) is 0 Å². The van der Waals surface area contributed by atoms with E-state index in [9.17, 15) is 0 Å². The first kappa shape index (κ1) is 16.7. The number of hydrazine groups is 1. The van der Waals surface area contributed by atoms with Gasteiger partial charge in [0, 0.05) is 6.04 Å². The molecule has 112 valence electrons. The number of unbranched alkanes of at least 4 members (excludes halogenated alkanes) is 3. The Morgan fingerprint density at radius 1 is 1.30 bits per heavy atom. The Morgan fingerprint density at radius 2 is 2.10 bits per heavy atom. The van der Waals surface area contributed by atoms with Crippen molar-refractivity contribution in [1.29, 1.82) is 0 Å². The normalized spacial score (nSPS) is 12.4. The highest BCUT2D eigenvalue weighted by molar-refractivity contribution is 5.30. The Bertz CT molecular complexity index is 390. The molecule has 3 heteroatoms. The first-order valence-corrected chi connectivity index (χ1v) is 7.51. The molecular formula is C17H28N2O. The largest absolute Gasteiger partial charge is 0.491 e. The van der Waals surface area contributed by atoms with Crippen LogP contribution in [-0.4, -0.2) is 6.10 Å². The maximum Gasteiger partial charge on any atom is 0.120 e. The third-order valence-corrected chi connectivity index (χ3v) is 3.23. The quantitative estimate of drug-likeness (QED) is 0.292. The van der Waals surface area contributed by atoms with Crippen LogP contribution in [0, 0.1) is 0 Å². The SMILES string of the molecule is C=CCCCCCC(NN)c1cccc(OC(C)C)c1. The summed E-state index contributed by atoms with van der Waals surface area (Å²) < 4.78 is 5.73. The van der Waals surface area contributed by atoms with Gasteiger partial charge in [0.25, 0.3) is 0 Å². The number of nitrogens with one attached hydrogen (secondary N) is 1. The summed E-state index contributed by atoms with van der Waals surface area (Å²) >= 11 is 0. The van der Waals surface area contributed by atoms with Gasteiger partial charge >= 0.3 is 0 Å². The summed E-state index contributed by atoms with van der Waals surface area (Å²) in [5.41, 5.74) is 4.10. The van der Waals surface area contributed by atoms with Crippen molar-refractivity contribution in [3.05, 3.63) is 42.5 Å². The third kappa shape index (κ3) is 6.22. The number of nitrogens with two attached hydrogens (primary N) is 1. The van der Waals surface area contributed by atoms with E-state index >= 15 is 0 Å². The molecule has 1 rings (SSSR count). The maximum atomic E-state index is 5.73. The first-order chi connectivity index (χ1) is 9.67. The fourth-order valence-corrected chi connectivity index (χ4v) is 2.24. The van der Waals surface area contributed by atoms with Crippen molar-refractivity contribution in [2.45, 2.75) is 58.1 Å². The molecule has 0 saturated heterocycles. The second-order valence-electron chi connectivity index (χ2n) is 5.39. The van der Waals surface area contributed by atoms with Gasteiger partial charge in [-0.2, -0.15) is 0 Å². The van der Waals surface area contributed by atoms with Crippen LogP contribution in [0.25, 0.3) is 0 Å². The minimum absolute atomic E-state index is 0.188. The minimum Gasteiger partial charge on any atom is -0.491 e. The first-order valence-electron chi connectivity index (χ1n) is 7.51. The summed E-state index contributed by atoms with van der Waals surface area (Å²) in [5, 5.41) is 0. The van der Waals surface area contributed by atoms with E-state index in [1.807, 2.05) is 32.1 Å². The van der Waals surface area contributed by atoms with Gasteiger partial charge in [-0.25, -0.2) is 0 Å². The van der Waals surface area contributed by atoms with E-state index in [2.05, 4.69) is 24.1 Å². The van der Waals surface area contributed by atoms with E-state index in [0.29, 0.717) is 0 Å². The Balaban J connectivity index is 2.53. The molecule has 3 N–H and O–H groups in total. The van der Waals surface area contributed by atoms with Crippen LogP contribution in [0.15, 0.2) is 36.9 Å². The molecule has 0 aliphatic rings. The number of hydrogen-bond acceptors (Lipinski definition) is 3. The van der Waals surface area contributed by atoms with Crippen molar-refractivity contribution in [3.8, 4) is 5.75 Å². The molecule has 0 radical (unpaired) electrons. The lowest BCUT2D eigenvalue weighted by Gasteiger charge is -2.18. The zero-order valence-electron chi connectivity index (χ0n) is 12.8. The lowest BCUT2D eigenvalue weighted by molar-refractivity contribution is 0.242. The Kier molecular flexibility index (Phi) is 8.00. The summed E-state index contributed by atoms with van der Waals surface area (Å²) in [7, 11) is 0. The average molecular weight is 276 g/mol. The summed E-state index contributed by atoms with van der Waals surface area (Å²) in [5.74, 6) is 6.60. The molecule has 1 aromatic rings. The number of allylic oxidation sites excluding steroid dienone is 1. The maximum absolute atomic E-state index is 5.73. The summed E-state index contributed by atoms with van der Waals surface area (Å²) in [6, 6.07) is 8.38. The number of hydrogen-bond donors (Lipinski definition) is 2. The second kappa shape index (κ2) is 9.56. The van der Waals surface area contributed by atoms with Crippen molar-refractivity contribution in [1.82, 2.24) is 5.43 Å². The average Bonchev–Trinajstić information content (AvgIpc) is 2.42. The zero-order valence-corrected chi connectivity index (χ0v) is 12.8. The molecule has 0 aliphatic carbocycles. The topological polar surface area (TPSA) is 47.3 Å². The Labute approximate surface area is 123 Å². The molecule has 0 bridgehead atoms. The molecule has 0 fully saturated rings. The Hall–Kier alpha value is -1.32. The fraction of sp³-hybridized carbons (Fsp3) is 0.529. The highest BCUT2D eigenvalue weighted by Crippen LogP contribution is 2.23. The Morgan fingerprint density at radius 3 is 2.75 bits per heavy atom. The molecule has 20 heavy (non-hydrogen) atoms. The van der Waals surface area contributed by atoms with Crippen molar-refractivity contribution >= 4 is 0 Å². The van der Waals surface area contributed by atoms with Crippen LogP contribution in [0.5, 0.6) is 5.75 Å². The van der Waals surface area contributed by atoms with Crippen molar-refractivity contribution in [2.75, 3.05) is 0 Å². The highest BCUT2D eigenvalue weighted by atomic mass is 16.5. The van der Waals surface area contributed by atoms with Crippen molar-refractivity contribution in [2.24, 2.45) is 5.84 Å². The van der Waals surface area contributed by atoms with Gasteiger partial charge in [-0.3, -0.25) is 11.3 Å². The van der Waals surface area contributed by atoms with E-state index in [4.69, 9.17) is 10.6 Å². The predicted molar refractivity (Wildman–Crippen MR) is 85.6 cm³/mol. The minimum atomic E-state index is 0.188. The second-order valence-corrected chi connectivity index (χ2v) is 5.39. The summed E-state index contributed by atoms with van der Waals surface area (Å²) in [6.45, 7) is 7.81. The fourth-order valence-electron chi connectivity index (χ4n) is 2.24. The van der Waals surface area contributed by atoms with Crippen LogP contribution in [-0.2, 0) is 0 Å². The molecule has 0 aromatic heterocycles. The van der Waals surface area contributed by atoms with Crippen LogP contribution in [0.4, 0.5) is 0 Å². The molecule has 0 saturated carbocycles. The van der Waals surface area contributed by atoms with E-state index in [-0.39, 0.29) is 12.1 Å². The smallest absolute Gasteiger partial charge is 0.120 e. The van der Waals surface area contributed by atoms with Crippen molar-refractivity contribution < 1.29 is 4.74 Å². The molecule has 1 atom stereocenters. The van der Waals surface area contributed by atoms with Crippen LogP contribution < -0.4 is 16.0 Å². The molecule has 1 unspecified atom stereocenters. The van der Waals surface area contributed by atoms with E-state index in [1.165, 1.54) is 18.4 Å². The van der Waals surface area contributed by atoms with Crippen molar-refractivity contribution in [3.63, 3.8) is 0 Å². The summed E-state index contributed by atoms with van der Waals surface area (Å²) in [6.07, 6.45) is 7.89. The molecule has 1 aromatic carbocycles. The molecule has 0 aliphatic heterocycles. The lowest BCUT2D eigenvalue weighted by Crippen LogP contribution is -2.28. The van der Waals surface area contributed by atoms with Gasteiger partial charge < -0.3 is 4.74 Å². The summed E-state index contributed by atoms with van der Waals surface area (Å²) in [4.78, 5) is 0. The van der Waals surface area contributed by atoms with E-state index < -0.39 is 0 Å². The highest BCUT2D eigenvalue weighted by Gasteiger charge is 2.10.